The first kappa shape index (κ1) is 19.4. The number of nitrogens with zero attached hydrogens (tertiary/aromatic N) is 4. The maximum Gasteiger partial charge on any atom is 0.205 e. The Balaban J connectivity index is 1.92. The van der Waals surface area contributed by atoms with Crippen molar-refractivity contribution < 1.29 is 40.1 Å². The van der Waals surface area contributed by atoms with Crippen molar-refractivity contribution in [1.82, 2.24) is 19.5 Å². The maximum absolute atomic E-state index is 10.9. The van der Waals surface area contributed by atoms with Gasteiger partial charge in [-0.05, 0) is 0 Å². The lowest BCUT2D eigenvalue weighted by molar-refractivity contribution is -0.231. The molecule has 2 aromatic rings. The molecule has 0 spiro atoms. The van der Waals surface area contributed by atoms with Gasteiger partial charge in [0, 0.05) is 0 Å². The molecular formula is C15H21N5O8. The van der Waals surface area contributed by atoms with E-state index < -0.39 is 61.7 Å². The lowest BCUT2D eigenvalue weighted by atomic mass is 9.92. The van der Waals surface area contributed by atoms with Crippen molar-refractivity contribution in [3.05, 3.63) is 12.7 Å². The highest BCUT2D eigenvalue weighted by molar-refractivity contribution is 5.81. The number of aliphatic hydroxyl groups excluding tert-OH is 6. The molecule has 0 unspecified atom stereocenters. The average Bonchev–Trinajstić information content (AvgIpc) is 3.32. The normalized spacial score (nSPS) is 41.1. The van der Waals surface area contributed by atoms with E-state index in [2.05, 4.69) is 15.0 Å². The molecule has 2 aromatic heterocycles. The molecule has 8 atom stereocenters. The number of ether oxygens (including phenoxy) is 2. The van der Waals surface area contributed by atoms with Gasteiger partial charge in [0.05, 0.1) is 19.5 Å². The molecule has 13 nitrogen and oxygen atoms in total. The molecule has 4 heterocycles. The fourth-order valence-corrected chi connectivity index (χ4v) is 3.90. The number of anilines is 1. The molecule has 2 fully saturated rings. The predicted octanol–water partition coefficient (Wildman–Crippen LogP) is -4.34. The fraction of sp³-hybridized carbons (Fsp3) is 0.667. The van der Waals surface area contributed by atoms with E-state index in [9.17, 15) is 30.6 Å². The molecule has 28 heavy (non-hydrogen) atoms. The molecule has 0 amide bonds. The fourth-order valence-electron chi connectivity index (χ4n) is 3.90. The quantitative estimate of drug-likeness (QED) is 0.260. The van der Waals surface area contributed by atoms with Gasteiger partial charge in [-0.2, -0.15) is 0 Å². The van der Waals surface area contributed by atoms with Crippen LogP contribution in [-0.2, 0) is 15.2 Å². The Kier molecular flexibility index (Phi) is 4.71. The van der Waals surface area contributed by atoms with E-state index >= 15 is 0 Å². The third-order valence-corrected chi connectivity index (χ3v) is 5.34. The second-order valence-corrected chi connectivity index (χ2v) is 6.83. The largest absolute Gasteiger partial charge is 0.394 e. The Hall–Kier alpha value is -1.97. The molecule has 0 aromatic carbocycles. The van der Waals surface area contributed by atoms with E-state index in [0.29, 0.717) is 0 Å². The number of rotatable bonds is 4. The Morgan fingerprint density at radius 2 is 1.71 bits per heavy atom. The number of aromatic nitrogens is 4. The van der Waals surface area contributed by atoms with E-state index in [0.717, 1.165) is 6.33 Å². The zero-order chi connectivity index (χ0) is 20.2. The summed E-state index contributed by atoms with van der Waals surface area (Å²) in [6.07, 6.45) is -7.84. The van der Waals surface area contributed by atoms with E-state index in [-0.39, 0.29) is 17.0 Å². The van der Waals surface area contributed by atoms with Gasteiger partial charge in [-0.25, -0.2) is 15.0 Å². The highest BCUT2D eigenvalue weighted by Crippen LogP contribution is 2.45. The summed E-state index contributed by atoms with van der Waals surface area (Å²) < 4.78 is 12.6. The van der Waals surface area contributed by atoms with Crippen molar-refractivity contribution >= 4 is 17.0 Å². The summed E-state index contributed by atoms with van der Waals surface area (Å²) >= 11 is 0. The van der Waals surface area contributed by atoms with E-state index in [1.807, 2.05) is 0 Å². The monoisotopic (exact) mass is 399 g/mol. The van der Waals surface area contributed by atoms with Crippen LogP contribution in [0.5, 0.6) is 0 Å². The van der Waals surface area contributed by atoms with Crippen molar-refractivity contribution in [2.45, 2.75) is 48.5 Å². The van der Waals surface area contributed by atoms with E-state index in [1.165, 1.54) is 10.9 Å². The van der Waals surface area contributed by atoms with Gasteiger partial charge in [-0.15, -0.1) is 0 Å². The van der Waals surface area contributed by atoms with Crippen molar-refractivity contribution in [3.63, 3.8) is 0 Å². The molecule has 2 aliphatic rings. The zero-order valence-electron chi connectivity index (χ0n) is 14.5. The first-order valence-corrected chi connectivity index (χ1v) is 8.58. The average molecular weight is 399 g/mol. The number of hydrogen-bond acceptors (Lipinski definition) is 12. The summed E-state index contributed by atoms with van der Waals surface area (Å²) in [7, 11) is 0. The first-order chi connectivity index (χ1) is 13.4. The summed E-state index contributed by atoms with van der Waals surface area (Å²) in [5.74, 6) is 0.0480. The number of imidazole rings is 1. The number of fused-ring (bicyclic) bond motifs is 1. The van der Waals surface area contributed by atoms with Crippen molar-refractivity contribution in [3.8, 4) is 0 Å². The summed E-state index contributed by atoms with van der Waals surface area (Å²) in [5, 5.41) is 61.0. The maximum atomic E-state index is 10.9. The summed E-state index contributed by atoms with van der Waals surface area (Å²) in [6.45, 7) is -1.24. The van der Waals surface area contributed by atoms with Crippen LogP contribution >= 0.6 is 0 Å². The molecule has 8 N–H and O–H groups in total. The highest BCUT2D eigenvalue weighted by atomic mass is 16.6. The Morgan fingerprint density at radius 1 is 1.00 bits per heavy atom. The minimum Gasteiger partial charge on any atom is -0.394 e. The molecule has 2 saturated heterocycles. The predicted molar refractivity (Wildman–Crippen MR) is 89.4 cm³/mol. The van der Waals surface area contributed by atoms with Gasteiger partial charge in [0.15, 0.2) is 11.5 Å². The van der Waals surface area contributed by atoms with Crippen LogP contribution in [0, 0.1) is 0 Å². The zero-order valence-corrected chi connectivity index (χ0v) is 14.5. The molecule has 2 aliphatic heterocycles. The van der Waals surface area contributed by atoms with Gasteiger partial charge in [0.1, 0.15) is 54.6 Å². The Morgan fingerprint density at radius 3 is 2.32 bits per heavy atom. The molecule has 4 rings (SSSR count). The summed E-state index contributed by atoms with van der Waals surface area (Å²) in [4.78, 5) is 12.0. The van der Waals surface area contributed by atoms with Gasteiger partial charge in [0.25, 0.3) is 0 Å². The third-order valence-electron chi connectivity index (χ3n) is 5.34. The lowest BCUT2D eigenvalue weighted by Crippen LogP contribution is -2.58. The molecule has 13 heteroatoms. The smallest absolute Gasteiger partial charge is 0.205 e. The minimum atomic E-state index is -2.04. The van der Waals surface area contributed by atoms with Crippen molar-refractivity contribution in [2.24, 2.45) is 0 Å². The second-order valence-electron chi connectivity index (χ2n) is 6.83. The first-order valence-electron chi connectivity index (χ1n) is 8.58. The summed E-state index contributed by atoms with van der Waals surface area (Å²) in [5.41, 5.74) is 4.04. The molecule has 0 radical (unpaired) electrons. The van der Waals surface area contributed by atoms with Gasteiger partial charge in [0.2, 0.25) is 5.72 Å². The van der Waals surface area contributed by atoms with Crippen LogP contribution < -0.4 is 5.73 Å². The number of aliphatic hydroxyl groups is 6. The molecule has 154 valence electrons. The van der Waals surface area contributed by atoms with E-state index in [4.69, 9.17) is 15.2 Å². The standard InChI is InChI=1S/C15H21N5O8/c16-13-7-14(18-3-17-13)20(4-19-7)15(11(26)9(24)6(2-22)28-15)12-10(25)8(23)5(1-21)27-12/h3-6,8-12,21-26H,1-2H2,(H2,16,17,18)/t5-,6-,8-,9-,10-,11-,12+,15+/m1/s1. The summed E-state index contributed by atoms with van der Waals surface area (Å²) in [6, 6.07) is 0. The molecule has 0 saturated carbocycles. The van der Waals surface area contributed by atoms with Crippen LogP contribution in [0.15, 0.2) is 12.7 Å². The minimum absolute atomic E-state index is 0.0480. The molecular weight excluding hydrogens is 378 g/mol. The van der Waals surface area contributed by atoms with Gasteiger partial charge < -0.3 is 45.8 Å². The highest BCUT2D eigenvalue weighted by Gasteiger charge is 2.65. The van der Waals surface area contributed by atoms with Crippen LogP contribution in [0.2, 0.25) is 0 Å². The number of nitrogen functional groups attached to an aromatic ring is 1. The lowest BCUT2D eigenvalue weighted by Gasteiger charge is -2.39. The molecule has 0 aliphatic carbocycles. The molecule has 0 bridgehead atoms. The van der Waals surface area contributed by atoms with Crippen LogP contribution in [-0.4, -0.2) is 106 Å². The van der Waals surface area contributed by atoms with Crippen LogP contribution in [0.4, 0.5) is 5.82 Å². The van der Waals surface area contributed by atoms with Crippen molar-refractivity contribution in [2.75, 3.05) is 18.9 Å². The van der Waals surface area contributed by atoms with Crippen LogP contribution in [0.1, 0.15) is 0 Å². The van der Waals surface area contributed by atoms with Gasteiger partial charge in [-0.3, -0.25) is 4.57 Å². The van der Waals surface area contributed by atoms with Crippen molar-refractivity contribution in [1.29, 1.82) is 0 Å². The Labute approximate surface area is 157 Å². The second kappa shape index (κ2) is 6.82. The SMILES string of the molecule is Nc1ncnc2c1ncn2[C@]1([C@H]2O[C@H](CO)[C@@H](O)[C@H]2O)O[C@H](CO)[C@@H](O)[C@H]1O. The number of nitrogens with two attached hydrogens (primary N) is 1. The van der Waals surface area contributed by atoms with E-state index in [1.54, 1.807) is 0 Å². The Bertz CT molecular complexity index is 866. The topological polar surface area (TPSA) is 209 Å². The van der Waals surface area contributed by atoms with Crippen LogP contribution in [0.25, 0.3) is 11.2 Å². The van der Waals surface area contributed by atoms with Gasteiger partial charge >= 0.3 is 0 Å². The van der Waals surface area contributed by atoms with Gasteiger partial charge in [-0.1, -0.05) is 0 Å². The third kappa shape index (κ3) is 2.46. The van der Waals surface area contributed by atoms with Crippen LogP contribution in [0.3, 0.4) is 0 Å². The number of hydrogen-bond donors (Lipinski definition) is 7.